The Morgan fingerprint density at radius 2 is 1.00 bits per heavy atom. The van der Waals surface area contributed by atoms with Gasteiger partial charge < -0.3 is 39.9 Å². The van der Waals surface area contributed by atoms with Gasteiger partial charge >= 0.3 is 13.8 Å². The molecule has 6 atom stereocenters. The highest BCUT2D eigenvalue weighted by molar-refractivity contribution is 7.47. The second kappa shape index (κ2) is 37.1. The number of aliphatic hydroxyl groups excluding tert-OH is 5. The van der Waals surface area contributed by atoms with Crippen molar-refractivity contribution >= 4 is 13.8 Å². The topological polar surface area (TPSA) is 192 Å². The normalized spacial score (nSPS) is 22.8. The molecule has 0 aromatic carbocycles. The van der Waals surface area contributed by atoms with E-state index in [0.29, 0.717) is 13.0 Å². The summed E-state index contributed by atoms with van der Waals surface area (Å²) in [4.78, 5) is 23.1. The molecule has 12 nitrogen and oxygen atoms in total. The number of carbonyl (C=O) groups is 1. The third kappa shape index (κ3) is 29.5. The number of aliphatic hydroxyl groups is 5. The average molecular weight is 861 g/mol. The summed E-state index contributed by atoms with van der Waals surface area (Å²) in [7, 11) is -5.02. The molecule has 1 aliphatic rings. The van der Waals surface area contributed by atoms with E-state index in [9.17, 15) is 39.8 Å². The summed E-state index contributed by atoms with van der Waals surface area (Å²) in [5.41, 5.74) is 0. The SMILES string of the molecule is CC/C=C\C/C=C\C/C=C\CCCCCCCC(=O)OC(COCCCCCCCCCCCCCCCCCCC)COP(=O)(O)OC1C(O)C(O)C(O)C(O)C1O. The van der Waals surface area contributed by atoms with Crippen molar-refractivity contribution in [2.24, 2.45) is 0 Å². The lowest BCUT2D eigenvalue weighted by molar-refractivity contribution is -0.220. The van der Waals surface area contributed by atoms with E-state index in [1.165, 1.54) is 89.9 Å². The second-order valence-electron chi connectivity index (χ2n) is 16.2. The van der Waals surface area contributed by atoms with Gasteiger partial charge in [0.1, 0.15) is 42.7 Å². The van der Waals surface area contributed by atoms with E-state index in [1.54, 1.807) is 0 Å². The molecule has 1 saturated carbocycles. The highest BCUT2D eigenvalue weighted by atomic mass is 31.2. The van der Waals surface area contributed by atoms with Gasteiger partial charge in [0.2, 0.25) is 0 Å². The number of hydrogen-bond acceptors (Lipinski definition) is 11. The number of ether oxygens (including phenoxy) is 2. The molecule has 1 aliphatic carbocycles. The second-order valence-corrected chi connectivity index (χ2v) is 17.6. The fourth-order valence-electron chi connectivity index (χ4n) is 7.08. The Kier molecular flexibility index (Phi) is 35.0. The largest absolute Gasteiger partial charge is 0.472 e. The van der Waals surface area contributed by atoms with Crippen molar-refractivity contribution in [3.63, 3.8) is 0 Å². The van der Waals surface area contributed by atoms with Crippen LogP contribution >= 0.6 is 7.82 Å². The predicted octanol–water partition coefficient (Wildman–Crippen LogP) is 9.48. The third-order valence-corrected chi connectivity index (χ3v) is 11.8. The van der Waals surface area contributed by atoms with Gasteiger partial charge in [0.25, 0.3) is 0 Å². The van der Waals surface area contributed by atoms with Crippen LogP contribution in [-0.4, -0.2) is 98.9 Å². The molecule has 6 unspecified atom stereocenters. The van der Waals surface area contributed by atoms with Crippen molar-refractivity contribution in [3.05, 3.63) is 36.5 Å². The van der Waals surface area contributed by atoms with Crippen LogP contribution in [0.2, 0.25) is 0 Å². The van der Waals surface area contributed by atoms with Gasteiger partial charge in [-0.2, -0.15) is 0 Å². The van der Waals surface area contributed by atoms with Crippen LogP contribution in [-0.2, 0) is 27.9 Å². The molecule has 13 heteroatoms. The quantitative estimate of drug-likeness (QED) is 0.0149. The minimum absolute atomic E-state index is 0.0812. The van der Waals surface area contributed by atoms with Crippen LogP contribution in [0.4, 0.5) is 0 Å². The first kappa shape index (κ1) is 55.6. The van der Waals surface area contributed by atoms with Crippen molar-refractivity contribution < 1.29 is 58.3 Å². The molecular weight excluding hydrogens is 775 g/mol. The molecule has 0 spiro atoms. The fourth-order valence-corrected chi connectivity index (χ4v) is 8.05. The van der Waals surface area contributed by atoms with Crippen molar-refractivity contribution in [2.75, 3.05) is 19.8 Å². The summed E-state index contributed by atoms with van der Waals surface area (Å²) in [6, 6.07) is 0. The third-order valence-electron chi connectivity index (χ3n) is 10.8. The number of unbranched alkanes of at least 4 members (excludes halogenated alkanes) is 21. The average Bonchev–Trinajstić information content (AvgIpc) is 3.22. The first-order valence-corrected chi connectivity index (χ1v) is 24.8. The molecule has 1 rings (SSSR count). The van der Waals surface area contributed by atoms with Gasteiger partial charge in [-0.15, -0.1) is 0 Å². The van der Waals surface area contributed by atoms with E-state index in [0.717, 1.165) is 70.6 Å². The van der Waals surface area contributed by atoms with Crippen LogP contribution in [0.1, 0.15) is 187 Å². The van der Waals surface area contributed by atoms with E-state index in [4.69, 9.17) is 18.5 Å². The Balaban J connectivity index is 2.39. The van der Waals surface area contributed by atoms with Crippen LogP contribution in [0.3, 0.4) is 0 Å². The van der Waals surface area contributed by atoms with Crippen molar-refractivity contribution in [1.82, 2.24) is 0 Å². The summed E-state index contributed by atoms with van der Waals surface area (Å²) in [5, 5.41) is 50.2. The minimum atomic E-state index is -5.02. The minimum Gasteiger partial charge on any atom is -0.457 e. The Labute approximate surface area is 357 Å². The number of allylic oxidation sites excluding steroid dienone is 6. The summed E-state index contributed by atoms with van der Waals surface area (Å²) < 4.78 is 34.2. The number of carbonyl (C=O) groups excluding carboxylic acids is 1. The van der Waals surface area contributed by atoms with Gasteiger partial charge in [0, 0.05) is 13.0 Å². The molecule has 0 aliphatic heterocycles. The first-order chi connectivity index (χ1) is 28.5. The molecule has 0 radical (unpaired) electrons. The van der Waals surface area contributed by atoms with E-state index in [1.807, 2.05) is 0 Å². The monoisotopic (exact) mass is 861 g/mol. The van der Waals surface area contributed by atoms with Crippen LogP contribution in [0.25, 0.3) is 0 Å². The highest BCUT2D eigenvalue weighted by Crippen LogP contribution is 2.47. The van der Waals surface area contributed by atoms with Gasteiger partial charge in [-0.3, -0.25) is 13.8 Å². The van der Waals surface area contributed by atoms with Crippen molar-refractivity contribution in [3.8, 4) is 0 Å². The lowest BCUT2D eigenvalue weighted by Gasteiger charge is -2.41. The lowest BCUT2D eigenvalue weighted by Crippen LogP contribution is -2.64. The molecule has 346 valence electrons. The van der Waals surface area contributed by atoms with Gasteiger partial charge in [0.05, 0.1) is 13.2 Å². The maximum atomic E-state index is 12.8. The molecular formula is C46H85O12P. The van der Waals surface area contributed by atoms with Crippen molar-refractivity contribution in [1.29, 1.82) is 0 Å². The zero-order valence-electron chi connectivity index (χ0n) is 36.8. The first-order valence-electron chi connectivity index (χ1n) is 23.3. The Morgan fingerprint density at radius 3 is 1.53 bits per heavy atom. The summed E-state index contributed by atoms with van der Waals surface area (Å²) in [6.45, 7) is 4.14. The van der Waals surface area contributed by atoms with Crippen molar-refractivity contribution in [2.45, 2.75) is 230 Å². The van der Waals surface area contributed by atoms with E-state index in [2.05, 4.69) is 50.3 Å². The number of hydrogen-bond donors (Lipinski definition) is 6. The summed E-state index contributed by atoms with van der Waals surface area (Å²) in [6.07, 6.45) is 30.7. The summed E-state index contributed by atoms with van der Waals surface area (Å²) in [5.74, 6) is -0.492. The molecule has 6 N–H and O–H groups in total. The smallest absolute Gasteiger partial charge is 0.457 e. The molecule has 1 fully saturated rings. The fraction of sp³-hybridized carbons (Fsp3) is 0.848. The van der Waals surface area contributed by atoms with Gasteiger partial charge in [0.15, 0.2) is 0 Å². The standard InChI is InChI=1S/C46H85O12P/c1-3-5-7-9-11-13-15-17-19-20-22-24-26-28-30-32-34-36-55-37-39(38-56-59(53,54)58-46-44(51)42(49)41(48)43(50)45(46)52)57-40(47)35-33-31-29-27-25-23-21-18-16-14-12-10-8-6-4-2/h6,8,12,14,18,21,39,41-46,48-52H,3-5,7,9-11,13,15-17,19-20,22-38H2,1-2H3,(H,53,54)/b8-6-,14-12-,21-18-. The predicted molar refractivity (Wildman–Crippen MR) is 235 cm³/mol. The molecule has 0 bridgehead atoms. The Hall–Kier alpha value is -1.44. The number of phosphoric ester groups is 1. The number of phosphoric acid groups is 1. The van der Waals surface area contributed by atoms with Gasteiger partial charge in [-0.1, -0.05) is 172 Å². The molecule has 0 saturated heterocycles. The lowest BCUT2D eigenvalue weighted by atomic mass is 9.85. The molecule has 59 heavy (non-hydrogen) atoms. The zero-order valence-corrected chi connectivity index (χ0v) is 37.7. The summed E-state index contributed by atoms with van der Waals surface area (Å²) >= 11 is 0. The molecule has 0 heterocycles. The maximum Gasteiger partial charge on any atom is 0.472 e. The van der Waals surface area contributed by atoms with Crippen LogP contribution < -0.4 is 0 Å². The zero-order chi connectivity index (χ0) is 43.4. The van der Waals surface area contributed by atoms with Crippen LogP contribution in [0.15, 0.2) is 36.5 Å². The molecule has 0 aromatic heterocycles. The number of rotatable bonds is 39. The van der Waals surface area contributed by atoms with E-state index in [-0.39, 0.29) is 13.0 Å². The Morgan fingerprint density at radius 1 is 0.559 bits per heavy atom. The molecule has 0 amide bonds. The van der Waals surface area contributed by atoms with Crippen LogP contribution in [0.5, 0.6) is 0 Å². The maximum absolute atomic E-state index is 12.8. The van der Waals surface area contributed by atoms with Gasteiger partial charge in [-0.05, 0) is 44.9 Å². The van der Waals surface area contributed by atoms with E-state index >= 15 is 0 Å². The Bertz CT molecular complexity index is 1120. The molecule has 0 aromatic rings. The van der Waals surface area contributed by atoms with Crippen LogP contribution in [0, 0.1) is 0 Å². The highest BCUT2D eigenvalue weighted by Gasteiger charge is 2.51. The van der Waals surface area contributed by atoms with Gasteiger partial charge in [-0.25, -0.2) is 4.57 Å². The van der Waals surface area contributed by atoms with E-state index < -0.39 is 63.1 Å². The number of esters is 1.